The Balaban J connectivity index is 2.22. The Morgan fingerprint density at radius 3 is 2.67 bits per heavy atom. The van der Waals surface area contributed by atoms with Crippen LogP contribution in [0.1, 0.15) is 18.9 Å². The molecule has 5 nitrogen and oxygen atoms in total. The fraction of sp³-hybridized carbons (Fsp3) is 0.357. The van der Waals surface area contributed by atoms with Gasteiger partial charge in [-0.15, -0.1) is 0 Å². The highest BCUT2D eigenvalue weighted by Gasteiger charge is 2.21. The van der Waals surface area contributed by atoms with E-state index in [-0.39, 0.29) is 18.4 Å². The Labute approximate surface area is 127 Å². The van der Waals surface area contributed by atoms with Crippen LogP contribution in [0.2, 0.25) is 0 Å². The minimum absolute atomic E-state index is 0.0260. The molecule has 0 aromatic heterocycles. The highest BCUT2D eigenvalue weighted by Crippen LogP contribution is 2.21. The number of alkyl halides is 1. The van der Waals surface area contributed by atoms with Crippen molar-refractivity contribution in [3.05, 3.63) is 29.8 Å². The number of thiol groups is 1. The van der Waals surface area contributed by atoms with Gasteiger partial charge in [-0.25, -0.2) is 9.82 Å². The number of hydrogen-bond acceptors (Lipinski definition) is 3. The van der Waals surface area contributed by atoms with E-state index in [2.05, 4.69) is 23.2 Å². The Morgan fingerprint density at radius 1 is 1.48 bits per heavy atom. The first-order valence-electron chi connectivity index (χ1n) is 6.56. The zero-order valence-corrected chi connectivity index (χ0v) is 12.4. The number of amides is 2. The molecule has 1 aromatic rings. The molecular weight excluding hydrogens is 293 g/mol. The number of carbonyl (C=O) groups is 2. The number of benzene rings is 1. The number of nitrogens with zero attached hydrogens (tertiary/aromatic N) is 2. The van der Waals surface area contributed by atoms with Crippen molar-refractivity contribution in [3.8, 4) is 0 Å². The Bertz CT molecular complexity index is 574. The van der Waals surface area contributed by atoms with E-state index in [9.17, 15) is 14.0 Å². The fourth-order valence-electron chi connectivity index (χ4n) is 2.23. The molecule has 0 spiro atoms. The number of nitrogens with one attached hydrogen (secondary N) is 1. The molecule has 0 fully saturated rings. The van der Waals surface area contributed by atoms with Crippen LogP contribution in [0.15, 0.2) is 29.4 Å². The standard InChI is InChI=1S/C14H16FN3O2S/c1-9-8-12(19)16-17-13(9)10-2-4-11(5-3-10)18(7-6-15)14(20)21/h2-5,9H,6-8H2,1H3,(H,16,19)(H,20,21). The van der Waals surface area contributed by atoms with Crippen molar-refractivity contribution in [2.75, 3.05) is 18.1 Å². The smallest absolute Gasteiger partial charge is 0.283 e. The third-order valence-corrected chi connectivity index (χ3v) is 3.51. The van der Waals surface area contributed by atoms with Crippen molar-refractivity contribution in [2.24, 2.45) is 11.0 Å². The lowest BCUT2D eigenvalue weighted by Gasteiger charge is -2.21. The summed E-state index contributed by atoms with van der Waals surface area (Å²) in [4.78, 5) is 23.8. The zero-order valence-electron chi connectivity index (χ0n) is 11.5. The van der Waals surface area contributed by atoms with Gasteiger partial charge in [0.25, 0.3) is 5.24 Å². The normalized spacial score (nSPS) is 18.0. The summed E-state index contributed by atoms with van der Waals surface area (Å²) in [5, 5.41) is 3.57. The fourth-order valence-corrected chi connectivity index (χ4v) is 2.45. The lowest BCUT2D eigenvalue weighted by Crippen LogP contribution is -2.32. The molecule has 0 radical (unpaired) electrons. The summed E-state index contributed by atoms with van der Waals surface area (Å²) in [6.07, 6.45) is 0.393. The predicted molar refractivity (Wildman–Crippen MR) is 82.6 cm³/mol. The Morgan fingerprint density at radius 2 is 2.14 bits per heavy atom. The van der Waals surface area contributed by atoms with Gasteiger partial charge < -0.3 is 4.90 Å². The van der Waals surface area contributed by atoms with Gasteiger partial charge in [0.2, 0.25) is 5.91 Å². The number of hydrogen-bond donors (Lipinski definition) is 2. The van der Waals surface area contributed by atoms with Crippen LogP contribution >= 0.6 is 12.6 Å². The van der Waals surface area contributed by atoms with E-state index >= 15 is 0 Å². The minimum atomic E-state index is -0.635. The van der Waals surface area contributed by atoms with Crippen LogP contribution in [0.5, 0.6) is 0 Å². The van der Waals surface area contributed by atoms with Crippen molar-refractivity contribution in [1.82, 2.24) is 5.43 Å². The molecule has 1 aliphatic rings. The van der Waals surface area contributed by atoms with Gasteiger partial charge in [-0.3, -0.25) is 9.59 Å². The summed E-state index contributed by atoms with van der Waals surface area (Å²) >= 11 is 3.74. The van der Waals surface area contributed by atoms with E-state index in [4.69, 9.17) is 0 Å². The van der Waals surface area contributed by atoms with Gasteiger partial charge in [0, 0.05) is 18.0 Å². The monoisotopic (exact) mass is 309 g/mol. The van der Waals surface area contributed by atoms with Crippen molar-refractivity contribution in [3.63, 3.8) is 0 Å². The van der Waals surface area contributed by atoms with Crippen molar-refractivity contribution in [2.45, 2.75) is 13.3 Å². The second-order valence-corrected chi connectivity index (χ2v) is 5.19. The summed E-state index contributed by atoms with van der Waals surface area (Å²) in [5.74, 6) is -0.0734. The number of hydrazone groups is 1. The predicted octanol–water partition coefficient (Wildman–Crippen LogP) is 2.37. The maximum Gasteiger partial charge on any atom is 0.283 e. The third kappa shape index (κ3) is 3.60. The van der Waals surface area contributed by atoms with E-state index in [1.54, 1.807) is 24.3 Å². The Hall–Kier alpha value is -1.89. The first-order valence-corrected chi connectivity index (χ1v) is 7.01. The molecule has 21 heavy (non-hydrogen) atoms. The first-order chi connectivity index (χ1) is 10.0. The zero-order chi connectivity index (χ0) is 15.4. The third-order valence-electron chi connectivity index (χ3n) is 3.27. The van der Waals surface area contributed by atoms with Gasteiger partial charge in [-0.05, 0) is 17.7 Å². The number of rotatable bonds is 4. The number of carbonyl (C=O) groups excluding carboxylic acids is 2. The quantitative estimate of drug-likeness (QED) is 0.839. The second-order valence-electron chi connectivity index (χ2n) is 4.81. The molecule has 1 unspecified atom stereocenters. The molecule has 1 heterocycles. The Kier molecular flexibility index (Phi) is 4.95. The molecule has 0 saturated heterocycles. The number of anilines is 1. The van der Waals surface area contributed by atoms with E-state index in [1.165, 1.54) is 4.90 Å². The van der Waals surface area contributed by atoms with Crippen LogP contribution < -0.4 is 10.3 Å². The molecule has 0 saturated carbocycles. The molecule has 1 aliphatic heterocycles. The van der Waals surface area contributed by atoms with E-state index in [1.807, 2.05) is 6.92 Å². The van der Waals surface area contributed by atoms with E-state index < -0.39 is 11.9 Å². The van der Waals surface area contributed by atoms with Gasteiger partial charge in [-0.2, -0.15) is 5.10 Å². The van der Waals surface area contributed by atoms with E-state index in [0.29, 0.717) is 12.1 Å². The van der Waals surface area contributed by atoms with Gasteiger partial charge in [-0.1, -0.05) is 31.7 Å². The molecule has 2 rings (SSSR count). The summed E-state index contributed by atoms with van der Waals surface area (Å²) in [7, 11) is 0. The summed E-state index contributed by atoms with van der Waals surface area (Å²) in [5.41, 5.74) is 4.68. The van der Waals surface area contributed by atoms with Crippen molar-refractivity contribution < 1.29 is 14.0 Å². The lowest BCUT2D eigenvalue weighted by molar-refractivity contribution is -0.121. The first kappa shape index (κ1) is 15.5. The van der Waals surface area contributed by atoms with Crippen LogP contribution in [0, 0.1) is 5.92 Å². The van der Waals surface area contributed by atoms with Gasteiger partial charge in [0.05, 0.1) is 12.3 Å². The summed E-state index contributed by atoms with van der Waals surface area (Å²) in [6, 6.07) is 7.02. The molecule has 0 aliphatic carbocycles. The second kappa shape index (κ2) is 6.71. The van der Waals surface area contributed by atoms with Crippen LogP contribution in [0.3, 0.4) is 0 Å². The molecule has 7 heteroatoms. The molecule has 1 atom stereocenters. The molecule has 0 bridgehead atoms. The van der Waals surface area contributed by atoms with Crippen LogP contribution in [-0.4, -0.2) is 30.1 Å². The maximum atomic E-state index is 12.5. The molecule has 1 aromatic carbocycles. The number of halogens is 1. The lowest BCUT2D eigenvalue weighted by atomic mass is 9.94. The minimum Gasteiger partial charge on any atom is -0.301 e. The molecular formula is C14H16FN3O2S. The van der Waals surface area contributed by atoms with Gasteiger partial charge >= 0.3 is 0 Å². The van der Waals surface area contributed by atoms with Crippen molar-refractivity contribution >= 4 is 35.2 Å². The topological polar surface area (TPSA) is 61.8 Å². The highest BCUT2D eigenvalue weighted by molar-refractivity contribution is 7.96. The van der Waals surface area contributed by atoms with E-state index in [0.717, 1.165) is 11.3 Å². The highest BCUT2D eigenvalue weighted by atomic mass is 32.1. The van der Waals surface area contributed by atoms with Crippen LogP contribution in [0.4, 0.5) is 14.9 Å². The van der Waals surface area contributed by atoms with Gasteiger partial charge in [0.1, 0.15) is 6.67 Å². The van der Waals surface area contributed by atoms with Crippen molar-refractivity contribution in [1.29, 1.82) is 0 Å². The average molecular weight is 309 g/mol. The van der Waals surface area contributed by atoms with Gasteiger partial charge in [0.15, 0.2) is 0 Å². The SMILES string of the molecule is CC1CC(=O)NN=C1c1ccc(N(CCF)C(=O)S)cc1. The van der Waals surface area contributed by atoms with Crippen LogP contribution in [-0.2, 0) is 4.79 Å². The summed E-state index contributed by atoms with van der Waals surface area (Å²) < 4.78 is 12.5. The average Bonchev–Trinajstić information content (AvgIpc) is 2.45. The molecule has 2 amide bonds. The maximum absolute atomic E-state index is 12.5. The molecule has 1 N–H and O–H groups in total. The van der Waals surface area contributed by atoms with Crippen LogP contribution in [0.25, 0.3) is 0 Å². The largest absolute Gasteiger partial charge is 0.301 e. The molecule has 112 valence electrons. The summed E-state index contributed by atoms with van der Waals surface area (Å²) in [6.45, 7) is 1.26.